The van der Waals surface area contributed by atoms with Gasteiger partial charge in [-0.25, -0.2) is 0 Å². The third kappa shape index (κ3) is 47.8. The monoisotopic (exact) mass is 1470 g/mol. The molecule has 0 amide bonds. The molecule has 0 saturated heterocycles. The van der Waals surface area contributed by atoms with Gasteiger partial charge in [-0.1, -0.05) is 413 Å². The lowest BCUT2D eigenvalue weighted by Gasteiger charge is -2.19. The molecule has 0 aliphatic rings. The third-order valence-corrected chi connectivity index (χ3v) is 21.5. The highest BCUT2D eigenvalue weighted by Gasteiger charge is 2.20. The minimum absolute atomic E-state index is 0.638. The average Bonchev–Trinajstić information content (AvgIpc) is 0.825. The van der Waals surface area contributed by atoms with Crippen LogP contribution in [0.5, 0.6) is 34.5 Å². The molecule has 106 heavy (non-hydrogen) atoms. The molecule has 0 aromatic heterocycles. The van der Waals surface area contributed by atoms with Crippen molar-refractivity contribution >= 4 is 23.8 Å². The summed E-state index contributed by atoms with van der Waals surface area (Å²) in [6.45, 7) is 17.7. The van der Waals surface area contributed by atoms with E-state index in [9.17, 15) is 0 Å². The van der Waals surface area contributed by atoms with Crippen LogP contribution in [0.15, 0.2) is 82.8 Å². The minimum atomic E-state index is 0.638. The number of hydrogen-bond acceptors (Lipinski definition) is 8. The maximum absolute atomic E-state index is 6.87. The van der Waals surface area contributed by atoms with Gasteiger partial charge in [-0.05, 0) is 98.2 Å². The first-order chi connectivity index (χ1) is 52.6. The number of nitrogens with zero attached hydrogens (tertiary/aromatic N) is 2. The Morgan fingerprint density at radius 2 is 0.368 bits per heavy atom. The van der Waals surface area contributed by atoms with Crippen LogP contribution in [0.25, 0.3) is 11.1 Å². The first-order valence-electron chi connectivity index (χ1n) is 46.0. The Labute approximate surface area is 654 Å². The average molecular weight is 1470 g/mol. The zero-order chi connectivity index (χ0) is 75.2. The van der Waals surface area contributed by atoms with Gasteiger partial charge in [-0.15, -0.1) is 0 Å². The first kappa shape index (κ1) is 93.4. The van der Waals surface area contributed by atoms with Crippen molar-refractivity contribution in [3.63, 3.8) is 0 Å². The summed E-state index contributed by atoms with van der Waals surface area (Å²) >= 11 is 0. The molecule has 8 nitrogen and oxygen atoms in total. The second kappa shape index (κ2) is 69.2. The molecule has 602 valence electrons. The number of aliphatic imine (C=N–C) groups is 2. The van der Waals surface area contributed by atoms with Gasteiger partial charge in [0.2, 0.25) is 11.5 Å². The van der Waals surface area contributed by atoms with Crippen molar-refractivity contribution in [1.29, 1.82) is 0 Å². The summed E-state index contributed by atoms with van der Waals surface area (Å²) in [5.41, 5.74) is 5.85. The Balaban J connectivity index is 1.54. The predicted octanol–water partition coefficient (Wildman–Crippen LogP) is 32.7. The molecule has 0 spiro atoms. The number of rotatable bonds is 77. The van der Waals surface area contributed by atoms with Gasteiger partial charge in [0.25, 0.3) is 0 Å². The van der Waals surface area contributed by atoms with Crippen LogP contribution in [0.4, 0.5) is 11.4 Å². The van der Waals surface area contributed by atoms with Crippen molar-refractivity contribution < 1.29 is 28.4 Å². The summed E-state index contributed by atoms with van der Waals surface area (Å²) in [6, 6.07) is 25.6. The van der Waals surface area contributed by atoms with Gasteiger partial charge < -0.3 is 28.4 Å². The molecule has 4 aromatic carbocycles. The van der Waals surface area contributed by atoms with Crippen LogP contribution < -0.4 is 28.4 Å². The number of ether oxygens (including phenoxy) is 6. The van der Waals surface area contributed by atoms with Crippen LogP contribution in [-0.2, 0) is 0 Å². The molecule has 0 unspecified atom stereocenters. The van der Waals surface area contributed by atoms with E-state index in [1.165, 1.54) is 347 Å². The number of hydrogen-bond donors (Lipinski definition) is 0. The largest absolute Gasteiger partial charge is 0.490 e. The normalized spacial score (nSPS) is 11.6. The van der Waals surface area contributed by atoms with Crippen molar-refractivity contribution in [2.24, 2.45) is 9.98 Å². The fourth-order valence-corrected chi connectivity index (χ4v) is 14.5. The van der Waals surface area contributed by atoms with Crippen molar-refractivity contribution in [3.05, 3.63) is 83.9 Å². The fraction of sp³-hybridized carbons (Fsp3) is 0.735. The van der Waals surface area contributed by atoms with Gasteiger partial charge in [-0.3, -0.25) is 9.98 Å². The van der Waals surface area contributed by atoms with E-state index in [1.54, 1.807) is 0 Å². The third-order valence-electron chi connectivity index (χ3n) is 21.5. The summed E-state index contributed by atoms with van der Waals surface area (Å²) in [7, 11) is 0. The van der Waals surface area contributed by atoms with E-state index >= 15 is 0 Å². The lowest BCUT2D eigenvalue weighted by Crippen LogP contribution is -2.08. The van der Waals surface area contributed by atoms with Crippen LogP contribution in [0, 0.1) is 0 Å². The number of benzene rings is 4. The molecule has 4 rings (SSSR count). The smallest absolute Gasteiger partial charge is 0.204 e. The SMILES string of the molecule is CCCCCCCCCCCCOc1ccc(C=Nc2ccc(-c3ccc(N=Cc4ccc(OCCCCCCCCCCCC)c(OCCCCCCCCCCCC)c4OCCCCCCCCCCCC)cc3)cc2)c(OCCCCCCCCCCCC)c1OCCCCCCCCCCCC. The molecule has 0 heterocycles. The number of unbranched alkanes of at least 4 members (excludes halogenated alkanes) is 54. The molecule has 0 saturated carbocycles. The Morgan fingerprint density at radius 1 is 0.189 bits per heavy atom. The Kier molecular flexibility index (Phi) is 61.0. The van der Waals surface area contributed by atoms with E-state index in [0.717, 1.165) is 107 Å². The van der Waals surface area contributed by atoms with Crippen LogP contribution in [0.2, 0.25) is 0 Å². The molecule has 8 heteroatoms. The molecule has 0 N–H and O–H groups in total. The molecule has 4 aromatic rings. The fourth-order valence-electron chi connectivity index (χ4n) is 14.5. The topological polar surface area (TPSA) is 80.1 Å². The van der Waals surface area contributed by atoms with Crippen LogP contribution in [0.1, 0.15) is 438 Å². The highest BCUT2D eigenvalue weighted by Crippen LogP contribution is 2.43. The van der Waals surface area contributed by atoms with Gasteiger partial charge in [0.1, 0.15) is 0 Å². The molecule has 0 fully saturated rings. The van der Waals surface area contributed by atoms with Gasteiger partial charge >= 0.3 is 0 Å². The predicted molar refractivity (Wildman–Crippen MR) is 463 cm³/mol. The van der Waals surface area contributed by atoms with E-state index in [4.69, 9.17) is 38.4 Å². The van der Waals surface area contributed by atoms with Crippen LogP contribution in [0.3, 0.4) is 0 Å². The Bertz CT molecular complexity index is 2470. The van der Waals surface area contributed by atoms with E-state index < -0.39 is 0 Å². The summed E-state index contributed by atoms with van der Waals surface area (Å²) in [6.07, 6.45) is 81.3. The van der Waals surface area contributed by atoms with Gasteiger partial charge in [-0.2, -0.15) is 0 Å². The minimum Gasteiger partial charge on any atom is -0.490 e. The van der Waals surface area contributed by atoms with Gasteiger partial charge in [0.15, 0.2) is 23.0 Å². The standard InChI is InChI=1S/C98H164N2O6/c1-7-13-19-25-31-37-43-49-55-61-79-101-93-77-71-89(95(103-81-63-57-51-45-39-33-27-21-15-9-3)97(93)105-83-65-59-53-47-41-35-29-23-17-11-5)85-99-91-73-67-87(68-74-91)88-69-75-92(76-70-88)100-86-90-72-78-94(102-80-62-56-50-44-38-32-26-20-14-8-2)98(106-84-66-60-54-48-42-36-30-24-18-12-6)96(90)104-82-64-58-52-46-40-34-28-22-16-10-4/h67-78,85-86H,7-66,79-84H2,1-6H3. The first-order valence-corrected chi connectivity index (χ1v) is 46.0. The van der Waals surface area contributed by atoms with Crippen molar-refractivity contribution in [3.8, 4) is 45.6 Å². The molecule has 0 bridgehead atoms. The maximum Gasteiger partial charge on any atom is 0.204 e. The Hall–Kier alpha value is -4.98. The highest BCUT2D eigenvalue weighted by molar-refractivity contribution is 5.89. The zero-order valence-electron chi connectivity index (χ0n) is 70.1. The lowest BCUT2D eigenvalue weighted by molar-refractivity contribution is 0.234. The highest BCUT2D eigenvalue weighted by atomic mass is 16.5. The summed E-state index contributed by atoms with van der Waals surface area (Å²) in [5.74, 6) is 4.57. The quantitative estimate of drug-likeness (QED) is 0.0324. The maximum atomic E-state index is 6.87. The second-order valence-corrected chi connectivity index (χ2v) is 31.4. The van der Waals surface area contributed by atoms with Crippen LogP contribution >= 0.6 is 0 Å². The molecule has 0 atom stereocenters. The van der Waals surface area contributed by atoms with Crippen molar-refractivity contribution in [2.75, 3.05) is 39.6 Å². The zero-order valence-corrected chi connectivity index (χ0v) is 70.1. The van der Waals surface area contributed by atoms with Crippen molar-refractivity contribution in [1.82, 2.24) is 0 Å². The summed E-state index contributed by atoms with van der Waals surface area (Å²) in [4.78, 5) is 10.2. The second-order valence-electron chi connectivity index (χ2n) is 31.4. The molecular formula is C98H164N2O6. The van der Waals surface area contributed by atoms with Gasteiger partial charge in [0.05, 0.1) is 51.0 Å². The van der Waals surface area contributed by atoms with E-state index in [0.29, 0.717) is 39.6 Å². The molecule has 0 radical (unpaired) electrons. The Morgan fingerprint density at radius 3 is 0.575 bits per heavy atom. The van der Waals surface area contributed by atoms with Crippen LogP contribution in [-0.4, -0.2) is 52.1 Å². The molecular weight excluding hydrogens is 1300 g/mol. The molecule has 0 aliphatic carbocycles. The summed E-state index contributed by atoms with van der Waals surface area (Å²) in [5, 5.41) is 0. The van der Waals surface area contributed by atoms with E-state index in [1.807, 2.05) is 12.4 Å². The van der Waals surface area contributed by atoms with E-state index in [-0.39, 0.29) is 0 Å². The van der Waals surface area contributed by atoms with Crippen molar-refractivity contribution in [2.45, 2.75) is 427 Å². The summed E-state index contributed by atoms with van der Waals surface area (Å²) < 4.78 is 40.7. The lowest BCUT2D eigenvalue weighted by atomic mass is 10.1. The van der Waals surface area contributed by atoms with E-state index in [2.05, 4.69) is 114 Å². The molecule has 0 aliphatic heterocycles. The van der Waals surface area contributed by atoms with Gasteiger partial charge in [0, 0.05) is 23.6 Å².